The van der Waals surface area contributed by atoms with E-state index in [-0.39, 0.29) is 0 Å². The number of ether oxygens (including phenoxy) is 1. The highest BCUT2D eigenvalue weighted by atomic mass is 16.5. The van der Waals surface area contributed by atoms with Gasteiger partial charge in [-0.15, -0.1) is 0 Å². The Labute approximate surface area is 159 Å². The first-order chi connectivity index (χ1) is 12.8. The fourth-order valence-electron chi connectivity index (χ4n) is 3.25. The fourth-order valence-corrected chi connectivity index (χ4v) is 3.25. The Morgan fingerprint density at radius 3 is 2.77 bits per heavy atom. The van der Waals surface area contributed by atoms with Crippen molar-refractivity contribution in [3.63, 3.8) is 0 Å². The van der Waals surface area contributed by atoms with Crippen LogP contribution in [0.3, 0.4) is 0 Å². The molecule has 0 aliphatic carbocycles. The van der Waals surface area contributed by atoms with Crippen LogP contribution in [0.1, 0.15) is 44.2 Å². The number of unbranched alkanes of at least 4 members (excludes halogenated alkanes) is 1. The van der Waals surface area contributed by atoms with Crippen molar-refractivity contribution in [3.05, 3.63) is 35.4 Å². The molecule has 0 atom stereocenters. The molecule has 26 heavy (non-hydrogen) atoms. The molecule has 5 heteroatoms. The second kappa shape index (κ2) is 12.7. The van der Waals surface area contributed by atoms with E-state index in [1.807, 2.05) is 6.92 Å². The molecule has 1 aromatic carbocycles. The third-order valence-electron chi connectivity index (χ3n) is 4.67. The molecule has 2 rings (SSSR count). The van der Waals surface area contributed by atoms with Crippen molar-refractivity contribution in [2.24, 2.45) is 4.99 Å². The highest BCUT2D eigenvalue weighted by Gasteiger charge is 2.14. The van der Waals surface area contributed by atoms with Gasteiger partial charge in [0.25, 0.3) is 0 Å². The lowest BCUT2D eigenvalue weighted by molar-refractivity contribution is 0.143. The number of rotatable bonds is 11. The van der Waals surface area contributed by atoms with Gasteiger partial charge in [-0.05, 0) is 50.7 Å². The maximum atomic E-state index is 5.37. The van der Waals surface area contributed by atoms with Crippen LogP contribution in [0.2, 0.25) is 0 Å². The number of hydrogen-bond donors (Lipinski definition) is 2. The van der Waals surface area contributed by atoms with Crippen molar-refractivity contribution in [2.75, 3.05) is 45.9 Å². The van der Waals surface area contributed by atoms with Gasteiger partial charge in [-0.3, -0.25) is 9.89 Å². The van der Waals surface area contributed by atoms with E-state index in [4.69, 9.17) is 9.73 Å². The van der Waals surface area contributed by atoms with Gasteiger partial charge in [0.1, 0.15) is 0 Å². The summed E-state index contributed by atoms with van der Waals surface area (Å²) in [6, 6.07) is 8.82. The van der Waals surface area contributed by atoms with Gasteiger partial charge in [-0.1, -0.05) is 24.3 Å². The first-order valence-electron chi connectivity index (χ1n) is 10.2. The Bertz CT molecular complexity index is 532. The van der Waals surface area contributed by atoms with E-state index >= 15 is 0 Å². The number of aliphatic imine (C=N–C) groups is 1. The minimum atomic E-state index is 0.806. The number of nitrogens with zero attached hydrogens (tertiary/aromatic N) is 2. The number of benzene rings is 1. The van der Waals surface area contributed by atoms with Gasteiger partial charge in [0.15, 0.2) is 5.96 Å². The molecule has 1 aromatic rings. The monoisotopic (exact) mass is 360 g/mol. The second-order valence-corrected chi connectivity index (χ2v) is 6.74. The van der Waals surface area contributed by atoms with Crippen LogP contribution in [-0.4, -0.2) is 56.8 Å². The molecule has 0 saturated carbocycles. The second-order valence-electron chi connectivity index (χ2n) is 6.74. The minimum absolute atomic E-state index is 0.806. The van der Waals surface area contributed by atoms with Crippen LogP contribution >= 0.6 is 0 Å². The summed E-state index contributed by atoms with van der Waals surface area (Å²) in [5.41, 5.74) is 3.01. The number of fused-ring (bicyclic) bond motifs is 1. The van der Waals surface area contributed by atoms with Gasteiger partial charge in [0, 0.05) is 52.5 Å². The predicted octanol–water partition coefficient (Wildman–Crippen LogP) is 2.81. The summed E-state index contributed by atoms with van der Waals surface area (Å²) in [7, 11) is 0. The molecule has 146 valence electrons. The summed E-state index contributed by atoms with van der Waals surface area (Å²) in [6.07, 6.45) is 4.47. The predicted molar refractivity (Wildman–Crippen MR) is 110 cm³/mol. The van der Waals surface area contributed by atoms with Crippen LogP contribution in [0.25, 0.3) is 0 Å². The van der Waals surface area contributed by atoms with E-state index < -0.39 is 0 Å². The largest absolute Gasteiger partial charge is 0.382 e. The van der Waals surface area contributed by atoms with Crippen LogP contribution in [0.4, 0.5) is 0 Å². The summed E-state index contributed by atoms with van der Waals surface area (Å²) >= 11 is 0. The Morgan fingerprint density at radius 1 is 1.12 bits per heavy atom. The molecule has 0 spiro atoms. The molecule has 5 nitrogen and oxygen atoms in total. The zero-order valence-electron chi connectivity index (χ0n) is 16.6. The molecule has 1 heterocycles. The summed E-state index contributed by atoms with van der Waals surface area (Å²) in [5, 5.41) is 6.75. The molecule has 0 bridgehead atoms. The Balaban J connectivity index is 1.63. The molecular formula is C21H36N4O. The molecule has 0 fully saturated rings. The zero-order valence-corrected chi connectivity index (χ0v) is 16.6. The van der Waals surface area contributed by atoms with Crippen molar-refractivity contribution in [1.29, 1.82) is 0 Å². The first kappa shape index (κ1) is 20.7. The Kier molecular flexibility index (Phi) is 10.1. The van der Waals surface area contributed by atoms with Crippen LogP contribution in [0.5, 0.6) is 0 Å². The highest BCUT2D eigenvalue weighted by Crippen LogP contribution is 2.18. The van der Waals surface area contributed by atoms with E-state index in [9.17, 15) is 0 Å². The average molecular weight is 361 g/mol. The lowest BCUT2D eigenvalue weighted by Gasteiger charge is -2.28. The van der Waals surface area contributed by atoms with Gasteiger partial charge in [-0.2, -0.15) is 0 Å². The molecule has 0 unspecified atom stereocenters. The molecule has 1 aliphatic heterocycles. The molecular weight excluding hydrogens is 324 g/mol. The van der Waals surface area contributed by atoms with E-state index in [1.165, 1.54) is 24.1 Å². The van der Waals surface area contributed by atoms with E-state index in [1.54, 1.807) is 0 Å². The van der Waals surface area contributed by atoms with Crippen molar-refractivity contribution < 1.29 is 4.74 Å². The summed E-state index contributed by atoms with van der Waals surface area (Å²) < 4.78 is 5.37. The number of guanidine groups is 1. The number of hydrogen-bond acceptors (Lipinski definition) is 3. The summed E-state index contributed by atoms with van der Waals surface area (Å²) in [6.45, 7) is 11.9. The van der Waals surface area contributed by atoms with Crippen LogP contribution in [-0.2, 0) is 17.7 Å². The maximum absolute atomic E-state index is 5.37. The SMILES string of the molecule is CCNC(=NCCCN1CCc2ccccc2C1)NCCCCOCC. The van der Waals surface area contributed by atoms with Crippen molar-refractivity contribution in [3.8, 4) is 0 Å². The molecule has 0 aromatic heterocycles. The molecule has 0 radical (unpaired) electrons. The van der Waals surface area contributed by atoms with Gasteiger partial charge < -0.3 is 15.4 Å². The molecule has 0 amide bonds. The van der Waals surface area contributed by atoms with Crippen LogP contribution in [0.15, 0.2) is 29.3 Å². The van der Waals surface area contributed by atoms with Gasteiger partial charge in [-0.25, -0.2) is 0 Å². The standard InChI is InChI=1S/C21H36N4O/c1-3-22-21(23-13-7-8-17-26-4-2)24-14-9-15-25-16-12-19-10-5-6-11-20(19)18-25/h5-6,10-11H,3-4,7-9,12-18H2,1-2H3,(H2,22,23,24). The van der Waals surface area contributed by atoms with Crippen LogP contribution in [0, 0.1) is 0 Å². The average Bonchev–Trinajstić information content (AvgIpc) is 2.67. The third kappa shape index (κ3) is 7.75. The highest BCUT2D eigenvalue weighted by molar-refractivity contribution is 5.79. The summed E-state index contributed by atoms with van der Waals surface area (Å²) in [4.78, 5) is 7.26. The number of nitrogens with one attached hydrogen (secondary N) is 2. The van der Waals surface area contributed by atoms with Crippen molar-refractivity contribution in [2.45, 2.75) is 46.1 Å². The van der Waals surface area contributed by atoms with E-state index in [0.717, 1.165) is 71.2 Å². The summed E-state index contributed by atoms with van der Waals surface area (Å²) in [5.74, 6) is 0.938. The maximum Gasteiger partial charge on any atom is 0.191 e. The first-order valence-corrected chi connectivity index (χ1v) is 10.2. The van der Waals surface area contributed by atoms with Gasteiger partial charge in [0.2, 0.25) is 0 Å². The lowest BCUT2D eigenvalue weighted by atomic mass is 10.00. The smallest absolute Gasteiger partial charge is 0.191 e. The Hall–Kier alpha value is -1.59. The lowest BCUT2D eigenvalue weighted by Crippen LogP contribution is -2.38. The van der Waals surface area contributed by atoms with Crippen molar-refractivity contribution >= 4 is 5.96 Å². The fraction of sp³-hybridized carbons (Fsp3) is 0.667. The third-order valence-corrected chi connectivity index (χ3v) is 4.67. The molecule has 0 saturated heterocycles. The normalized spacial score (nSPS) is 14.9. The minimum Gasteiger partial charge on any atom is -0.382 e. The van der Waals surface area contributed by atoms with E-state index in [0.29, 0.717) is 0 Å². The van der Waals surface area contributed by atoms with Gasteiger partial charge in [0.05, 0.1) is 0 Å². The van der Waals surface area contributed by atoms with E-state index in [2.05, 4.69) is 46.7 Å². The topological polar surface area (TPSA) is 48.9 Å². The van der Waals surface area contributed by atoms with Crippen LogP contribution < -0.4 is 10.6 Å². The van der Waals surface area contributed by atoms with Gasteiger partial charge >= 0.3 is 0 Å². The Morgan fingerprint density at radius 2 is 1.96 bits per heavy atom. The van der Waals surface area contributed by atoms with Crippen molar-refractivity contribution in [1.82, 2.24) is 15.5 Å². The molecule has 1 aliphatic rings. The zero-order chi connectivity index (χ0) is 18.5. The quantitative estimate of drug-likeness (QED) is 0.362. The molecule has 2 N–H and O–H groups in total.